The maximum Gasteiger partial charge on any atom is 0.240 e. The van der Waals surface area contributed by atoms with Gasteiger partial charge in [0.05, 0.1) is 4.90 Å². The molecule has 0 aliphatic rings. The number of benzene rings is 1. The first-order valence-electron chi connectivity index (χ1n) is 5.14. The first kappa shape index (κ1) is 13.6. The molecule has 0 aromatic heterocycles. The van der Waals surface area contributed by atoms with Gasteiger partial charge in [0.25, 0.3) is 0 Å². The first-order chi connectivity index (χ1) is 7.95. The molecule has 0 heterocycles. The van der Waals surface area contributed by atoms with Gasteiger partial charge in [-0.15, -0.1) is 6.42 Å². The Morgan fingerprint density at radius 1 is 1.35 bits per heavy atom. The molecule has 1 aromatic rings. The summed E-state index contributed by atoms with van der Waals surface area (Å²) in [5.74, 6) is 2.88. The molecule has 4 nitrogen and oxygen atoms in total. The van der Waals surface area contributed by atoms with E-state index in [1.54, 1.807) is 26.0 Å². The van der Waals surface area contributed by atoms with Crippen LogP contribution in [0.5, 0.6) is 5.75 Å². The van der Waals surface area contributed by atoms with E-state index < -0.39 is 10.0 Å². The molecule has 1 aromatic carbocycles. The maximum absolute atomic E-state index is 11.8. The third-order valence-corrected chi connectivity index (χ3v) is 3.52. The van der Waals surface area contributed by atoms with E-state index in [-0.39, 0.29) is 17.5 Å². The Balaban J connectivity index is 2.84. The summed E-state index contributed by atoms with van der Waals surface area (Å²) < 4.78 is 31.2. The molecule has 0 bridgehead atoms. The lowest BCUT2D eigenvalue weighted by Crippen LogP contribution is -2.30. The number of hydrogen-bond donors (Lipinski definition) is 1. The lowest BCUT2D eigenvalue weighted by atomic mass is 10.3. The fourth-order valence-corrected chi connectivity index (χ4v) is 2.47. The van der Waals surface area contributed by atoms with Gasteiger partial charge >= 0.3 is 0 Å². The minimum Gasteiger partial charge on any atom is -0.481 e. The lowest BCUT2D eigenvalue weighted by molar-refractivity contribution is 0.370. The van der Waals surface area contributed by atoms with E-state index in [1.165, 1.54) is 12.1 Å². The predicted octanol–water partition coefficient (Wildman–Crippen LogP) is 1.39. The van der Waals surface area contributed by atoms with Gasteiger partial charge in [-0.3, -0.25) is 0 Å². The molecule has 0 unspecified atom stereocenters. The molecule has 0 spiro atoms. The van der Waals surface area contributed by atoms with Gasteiger partial charge in [-0.2, -0.15) is 0 Å². The average Bonchev–Trinajstić information content (AvgIpc) is 2.25. The molecular formula is C12H15NO3S. The highest BCUT2D eigenvalue weighted by Gasteiger charge is 2.14. The Bertz CT molecular complexity index is 498. The van der Waals surface area contributed by atoms with Crippen molar-refractivity contribution >= 4 is 10.0 Å². The smallest absolute Gasteiger partial charge is 0.240 e. The van der Waals surface area contributed by atoms with Crippen LogP contribution in [0.3, 0.4) is 0 Å². The highest BCUT2D eigenvalue weighted by Crippen LogP contribution is 2.15. The minimum absolute atomic E-state index is 0.141. The monoisotopic (exact) mass is 253 g/mol. The summed E-state index contributed by atoms with van der Waals surface area (Å²) in [7, 11) is -3.44. The van der Waals surface area contributed by atoms with E-state index in [0.29, 0.717) is 5.75 Å². The van der Waals surface area contributed by atoms with Gasteiger partial charge in [0, 0.05) is 6.04 Å². The molecule has 0 amide bonds. The third kappa shape index (κ3) is 4.10. The van der Waals surface area contributed by atoms with Gasteiger partial charge in [-0.1, -0.05) is 5.92 Å². The van der Waals surface area contributed by atoms with Crippen LogP contribution in [0.25, 0.3) is 0 Å². The molecule has 0 radical (unpaired) electrons. The summed E-state index contributed by atoms with van der Waals surface area (Å²) in [5.41, 5.74) is 0. The zero-order chi connectivity index (χ0) is 12.9. The predicted molar refractivity (Wildman–Crippen MR) is 66.2 cm³/mol. The zero-order valence-electron chi connectivity index (χ0n) is 9.80. The molecule has 0 aliphatic carbocycles. The van der Waals surface area contributed by atoms with Crippen LogP contribution in [-0.2, 0) is 10.0 Å². The van der Waals surface area contributed by atoms with Crippen LogP contribution < -0.4 is 9.46 Å². The molecule has 0 fully saturated rings. The molecule has 0 aliphatic heterocycles. The van der Waals surface area contributed by atoms with E-state index in [2.05, 4.69) is 10.6 Å². The van der Waals surface area contributed by atoms with Crippen molar-refractivity contribution in [3.05, 3.63) is 24.3 Å². The first-order valence-corrected chi connectivity index (χ1v) is 6.62. The van der Waals surface area contributed by atoms with Crippen molar-refractivity contribution in [1.29, 1.82) is 0 Å². The molecule has 5 heteroatoms. The van der Waals surface area contributed by atoms with Crippen molar-refractivity contribution < 1.29 is 13.2 Å². The Morgan fingerprint density at radius 3 is 2.41 bits per heavy atom. The van der Waals surface area contributed by atoms with E-state index >= 15 is 0 Å². The van der Waals surface area contributed by atoms with Crippen molar-refractivity contribution in [1.82, 2.24) is 4.72 Å². The second-order valence-electron chi connectivity index (χ2n) is 3.74. The summed E-state index contributed by atoms with van der Waals surface area (Å²) in [4.78, 5) is 0.208. The fraction of sp³-hybridized carbons (Fsp3) is 0.333. The van der Waals surface area contributed by atoms with Gasteiger partial charge in [0.2, 0.25) is 10.0 Å². The number of sulfonamides is 1. The fourth-order valence-electron chi connectivity index (χ4n) is 1.22. The standard InChI is InChI=1S/C12H15NO3S/c1-4-9-16-11-5-7-12(8-6-11)17(14,15)13-10(2)3/h1,5-8,10,13H,9H2,2-3H3. The Labute approximate surface area is 102 Å². The molecule has 92 valence electrons. The molecule has 0 atom stereocenters. The quantitative estimate of drug-likeness (QED) is 0.807. The van der Waals surface area contributed by atoms with Crippen LogP contribution >= 0.6 is 0 Å². The third-order valence-electron chi connectivity index (χ3n) is 1.85. The van der Waals surface area contributed by atoms with Crippen molar-refractivity contribution in [3.63, 3.8) is 0 Å². The zero-order valence-corrected chi connectivity index (χ0v) is 10.6. The average molecular weight is 253 g/mol. The summed E-state index contributed by atoms with van der Waals surface area (Å²) in [5, 5.41) is 0. The summed E-state index contributed by atoms with van der Waals surface area (Å²) >= 11 is 0. The normalized spacial score (nSPS) is 11.2. The van der Waals surface area contributed by atoms with Crippen LogP contribution in [0.15, 0.2) is 29.2 Å². The van der Waals surface area contributed by atoms with Gasteiger partial charge in [-0.05, 0) is 38.1 Å². The van der Waals surface area contributed by atoms with Crippen LogP contribution in [0.2, 0.25) is 0 Å². The van der Waals surface area contributed by atoms with Crippen LogP contribution in [-0.4, -0.2) is 21.1 Å². The molecule has 1 rings (SSSR count). The molecule has 0 saturated heterocycles. The van der Waals surface area contributed by atoms with Crippen molar-refractivity contribution in [2.45, 2.75) is 24.8 Å². The van der Waals surface area contributed by atoms with Gasteiger partial charge in [0.15, 0.2) is 0 Å². The van der Waals surface area contributed by atoms with Crippen molar-refractivity contribution in [2.24, 2.45) is 0 Å². The second kappa shape index (κ2) is 5.71. The van der Waals surface area contributed by atoms with Crippen molar-refractivity contribution in [2.75, 3.05) is 6.61 Å². The van der Waals surface area contributed by atoms with Gasteiger partial charge in [-0.25, -0.2) is 13.1 Å². The summed E-state index contributed by atoms with van der Waals surface area (Å²) in [6.07, 6.45) is 5.05. The maximum atomic E-state index is 11.8. The van der Waals surface area contributed by atoms with Gasteiger partial charge < -0.3 is 4.74 Å². The van der Waals surface area contributed by atoms with E-state index in [9.17, 15) is 8.42 Å². The SMILES string of the molecule is C#CCOc1ccc(S(=O)(=O)NC(C)C)cc1. The Morgan fingerprint density at radius 2 is 1.94 bits per heavy atom. The molecular weight excluding hydrogens is 238 g/mol. The number of ether oxygens (including phenoxy) is 1. The van der Waals surface area contributed by atoms with Gasteiger partial charge in [0.1, 0.15) is 12.4 Å². The molecule has 17 heavy (non-hydrogen) atoms. The van der Waals surface area contributed by atoms with Crippen LogP contribution in [0, 0.1) is 12.3 Å². The highest BCUT2D eigenvalue weighted by atomic mass is 32.2. The van der Waals surface area contributed by atoms with Crippen LogP contribution in [0.4, 0.5) is 0 Å². The van der Waals surface area contributed by atoms with E-state index in [0.717, 1.165) is 0 Å². The number of nitrogens with one attached hydrogen (secondary N) is 1. The highest BCUT2D eigenvalue weighted by molar-refractivity contribution is 7.89. The largest absolute Gasteiger partial charge is 0.481 e. The van der Waals surface area contributed by atoms with Crippen molar-refractivity contribution in [3.8, 4) is 18.1 Å². The summed E-state index contributed by atoms with van der Waals surface area (Å²) in [6.45, 7) is 3.69. The number of hydrogen-bond acceptors (Lipinski definition) is 3. The lowest BCUT2D eigenvalue weighted by Gasteiger charge is -2.10. The Hall–Kier alpha value is -1.51. The minimum atomic E-state index is -3.44. The number of rotatable bonds is 5. The van der Waals surface area contributed by atoms with E-state index in [4.69, 9.17) is 11.2 Å². The number of terminal acetylenes is 1. The second-order valence-corrected chi connectivity index (χ2v) is 5.45. The topological polar surface area (TPSA) is 55.4 Å². The van der Waals surface area contributed by atoms with Crippen LogP contribution in [0.1, 0.15) is 13.8 Å². The van der Waals surface area contributed by atoms with E-state index in [1.807, 2.05) is 0 Å². The molecule has 1 N–H and O–H groups in total. The summed E-state index contributed by atoms with van der Waals surface area (Å²) in [6, 6.07) is 5.98. The Kier molecular flexibility index (Phi) is 4.55. The molecule has 0 saturated carbocycles.